The molecule has 1 saturated heterocycles. The number of rotatable bonds is 3. The van der Waals surface area contributed by atoms with E-state index in [0.29, 0.717) is 19.7 Å². The number of ether oxygens (including phenoxy) is 1. The predicted molar refractivity (Wildman–Crippen MR) is 75.0 cm³/mol. The highest BCUT2D eigenvalue weighted by Crippen LogP contribution is 2.34. The quantitative estimate of drug-likeness (QED) is 0.846. The molecule has 0 N–H and O–H groups in total. The molecule has 0 radical (unpaired) electrons. The number of nitrogens with zero attached hydrogens (tertiary/aromatic N) is 2. The molecule has 2 aliphatic rings. The molecule has 0 saturated carbocycles. The number of piperazine rings is 1. The summed E-state index contributed by atoms with van der Waals surface area (Å²) in [5, 5.41) is 0. The lowest BCUT2D eigenvalue weighted by atomic mass is 10.1. The SMILES string of the molecule is FCC(CF)N1CCN2c3ccccc3OCC[C@@H]2C1. The zero-order valence-electron chi connectivity index (χ0n) is 11.5. The summed E-state index contributed by atoms with van der Waals surface area (Å²) in [5.41, 5.74) is 1.10. The first-order valence-electron chi connectivity index (χ1n) is 7.18. The summed E-state index contributed by atoms with van der Waals surface area (Å²) in [5.74, 6) is 0.913. The Hall–Kier alpha value is -1.36. The van der Waals surface area contributed by atoms with Crippen molar-refractivity contribution in [2.45, 2.75) is 18.5 Å². The van der Waals surface area contributed by atoms with E-state index in [1.807, 2.05) is 23.1 Å². The number of alkyl halides is 2. The molecule has 0 aromatic heterocycles. The smallest absolute Gasteiger partial charge is 0.142 e. The second-order valence-corrected chi connectivity index (χ2v) is 5.41. The molecule has 0 aliphatic carbocycles. The van der Waals surface area contributed by atoms with Crippen LogP contribution in [-0.4, -0.2) is 56.6 Å². The van der Waals surface area contributed by atoms with E-state index < -0.39 is 19.4 Å². The summed E-state index contributed by atoms with van der Waals surface area (Å²) in [6.07, 6.45) is 0.885. The molecule has 20 heavy (non-hydrogen) atoms. The van der Waals surface area contributed by atoms with Crippen LogP contribution in [0.3, 0.4) is 0 Å². The van der Waals surface area contributed by atoms with Gasteiger partial charge in [0.15, 0.2) is 0 Å². The summed E-state index contributed by atoms with van der Waals surface area (Å²) in [6, 6.07) is 7.70. The minimum Gasteiger partial charge on any atom is -0.491 e. The van der Waals surface area contributed by atoms with E-state index >= 15 is 0 Å². The molecule has 1 aromatic carbocycles. The van der Waals surface area contributed by atoms with E-state index in [0.717, 1.165) is 24.4 Å². The van der Waals surface area contributed by atoms with Gasteiger partial charge < -0.3 is 9.64 Å². The van der Waals surface area contributed by atoms with Gasteiger partial charge in [0, 0.05) is 32.1 Å². The van der Waals surface area contributed by atoms with Crippen LogP contribution in [0.15, 0.2) is 24.3 Å². The maximum absolute atomic E-state index is 12.9. The molecular formula is C15H20F2N2O. The zero-order chi connectivity index (χ0) is 13.9. The van der Waals surface area contributed by atoms with Crippen molar-refractivity contribution in [3.05, 3.63) is 24.3 Å². The molecule has 2 aliphatic heterocycles. The molecular weight excluding hydrogens is 262 g/mol. The topological polar surface area (TPSA) is 15.7 Å². The van der Waals surface area contributed by atoms with Crippen LogP contribution in [0.1, 0.15) is 6.42 Å². The molecule has 1 aromatic rings. The van der Waals surface area contributed by atoms with Crippen molar-refractivity contribution in [3.8, 4) is 5.75 Å². The van der Waals surface area contributed by atoms with Crippen LogP contribution in [0, 0.1) is 0 Å². The maximum atomic E-state index is 12.9. The third-order valence-electron chi connectivity index (χ3n) is 4.27. The highest BCUT2D eigenvalue weighted by atomic mass is 19.1. The fourth-order valence-corrected chi connectivity index (χ4v) is 3.13. The van der Waals surface area contributed by atoms with Crippen LogP contribution < -0.4 is 9.64 Å². The Morgan fingerprint density at radius 3 is 2.80 bits per heavy atom. The summed E-state index contributed by atoms with van der Waals surface area (Å²) in [7, 11) is 0. The van der Waals surface area contributed by atoms with Gasteiger partial charge in [-0.3, -0.25) is 4.90 Å². The third kappa shape index (κ3) is 2.46. The number of hydrogen-bond acceptors (Lipinski definition) is 3. The van der Waals surface area contributed by atoms with Crippen LogP contribution in [0.5, 0.6) is 5.75 Å². The molecule has 1 atom stereocenters. The van der Waals surface area contributed by atoms with Crippen molar-refractivity contribution < 1.29 is 13.5 Å². The van der Waals surface area contributed by atoms with Gasteiger partial charge in [-0.15, -0.1) is 0 Å². The van der Waals surface area contributed by atoms with E-state index in [1.165, 1.54) is 0 Å². The minimum atomic E-state index is -0.615. The molecule has 2 heterocycles. The third-order valence-corrected chi connectivity index (χ3v) is 4.27. The van der Waals surface area contributed by atoms with E-state index in [2.05, 4.69) is 11.0 Å². The Labute approximate surface area is 118 Å². The van der Waals surface area contributed by atoms with Crippen LogP contribution in [0.25, 0.3) is 0 Å². The Bertz CT molecular complexity index is 453. The summed E-state index contributed by atoms with van der Waals surface area (Å²) in [6.45, 7) is 1.62. The molecule has 110 valence electrons. The van der Waals surface area contributed by atoms with Crippen LogP contribution in [0.4, 0.5) is 14.5 Å². The van der Waals surface area contributed by atoms with E-state index in [-0.39, 0.29) is 6.04 Å². The second kappa shape index (κ2) is 5.95. The second-order valence-electron chi connectivity index (χ2n) is 5.41. The van der Waals surface area contributed by atoms with Crippen LogP contribution in [-0.2, 0) is 0 Å². The van der Waals surface area contributed by atoms with Crippen molar-refractivity contribution in [3.63, 3.8) is 0 Å². The molecule has 5 heteroatoms. The highest BCUT2D eigenvalue weighted by molar-refractivity contribution is 5.60. The average Bonchev–Trinajstić information content (AvgIpc) is 2.67. The monoisotopic (exact) mass is 282 g/mol. The lowest BCUT2D eigenvalue weighted by Gasteiger charge is -2.43. The predicted octanol–water partition coefficient (Wildman–Crippen LogP) is 2.27. The Morgan fingerprint density at radius 1 is 1.20 bits per heavy atom. The average molecular weight is 282 g/mol. The van der Waals surface area contributed by atoms with Gasteiger partial charge in [-0.05, 0) is 12.1 Å². The number of hydrogen-bond donors (Lipinski definition) is 0. The number of fused-ring (bicyclic) bond motifs is 3. The van der Waals surface area contributed by atoms with Gasteiger partial charge in [-0.2, -0.15) is 0 Å². The number of benzene rings is 1. The summed E-state index contributed by atoms with van der Waals surface area (Å²) < 4.78 is 31.5. The Morgan fingerprint density at radius 2 is 2.00 bits per heavy atom. The van der Waals surface area contributed by atoms with Crippen molar-refractivity contribution in [2.75, 3.05) is 44.5 Å². The van der Waals surface area contributed by atoms with Gasteiger partial charge in [-0.1, -0.05) is 12.1 Å². The number of halogens is 2. The van der Waals surface area contributed by atoms with Crippen LogP contribution >= 0.6 is 0 Å². The van der Waals surface area contributed by atoms with E-state index in [9.17, 15) is 8.78 Å². The standard InChI is InChI=1S/C15H20F2N2O/c16-9-13(10-17)18-6-7-19-12(11-18)5-8-20-15-4-2-1-3-14(15)19/h1-4,12-13H,5-11H2/t12-/m1/s1. The molecule has 3 rings (SSSR count). The van der Waals surface area contributed by atoms with Gasteiger partial charge in [0.25, 0.3) is 0 Å². The number of para-hydroxylation sites is 2. The zero-order valence-corrected chi connectivity index (χ0v) is 11.5. The van der Waals surface area contributed by atoms with Gasteiger partial charge in [0.05, 0.1) is 18.3 Å². The molecule has 0 unspecified atom stereocenters. The minimum absolute atomic E-state index is 0.271. The molecule has 0 spiro atoms. The van der Waals surface area contributed by atoms with Crippen molar-refractivity contribution in [2.24, 2.45) is 0 Å². The van der Waals surface area contributed by atoms with Crippen molar-refractivity contribution in [1.82, 2.24) is 4.90 Å². The van der Waals surface area contributed by atoms with Gasteiger partial charge in [0.2, 0.25) is 0 Å². The van der Waals surface area contributed by atoms with Crippen LogP contribution in [0.2, 0.25) is 0 Å². The van der Waals surface area contributed by atoms with Gasteiger partial charge in [-0.25, -0.2) is 8.78 Å². The lowest BCUT2D eigenvalue weighted by molar-refractivity contribution is 0.111. The Balaban J connectivity index is 1.79. The molecule has 3 nitrogen and oxygen atoms in total. The fraction of sp³-hybridized carbons (Fsp3) is 0.600. The first kappa shape index (κ1) is 13.6. The lowest BCUT2D eigenvalue weighted by Crippen LogP contribution is -2.57. The summed E-state index contributed by atoms with van der Waals surface area (Å²) in [4.78, 5) is 4.27. The maximum Gasteiger partial charge on any atom is 0.142 e. The first-order chi connectivity index (χ1) is 9.83. The Kier molecular flexibility index (Phi) is 4.05. The summed E-state index contributed by atoms with van der Waals surface area (Å²) >= 11 is 0. The fourth-order valence-electron chi connectivity index (χ4n) is 3.13. The normalized spacial score (nSPS) is 22.9. The van der Waals surface area contributed by atoms with E-state index in [4.69, 9.17) is 4.74 Å². The van der Waals surface area contributed by atoms with E-state index in [1.54, 1.807) is 0 Å². The number of anilines is 1. The van der Waals surface area contributed by atoms with Gasteiger partial charge in [0.1, 0.15) is 19.1 Å². The highest BCUT2D eigenvalue weighted by Gasteiger charge is 2.33. The molecule has 0 amide bonds. The van der Waals surface area contributed by atoms with Gasteiger partial charge >= 0.3 is 0 Å². The molecule has 0 bridgehead atoms. The first-order valence-corrected chi connectivity index (χ1v) is 7.18. The van der Waals surface area contributed by atoms with Crippen molar-refractivity contribution >= 4 is 5.69 Å². The molecule has 1 fully saturated rings. The van der Waals surface area contributed by atoms with Crippen molar-refractivity contribution in [1.29, 1.82) is 0 Å². The largest absolute Gasteiger partial charge is 0.491 e.